The quantitative estimate of drug-likeness (QED) is 0.166. The van der Waals surface area contributed by atoms with Gasteiger partial charge in [0.1, 0.15) is 0 Å². The molecule has 0 radical (unpaired) electrons. The van der Waals surface area contributed by atoms with Gasteiger partial charge in [0, 0.05) is 67.9 Å². The largest absolute Gasteiger partial charge is 0.403 e. The van der Waals surface area contributed by atoms with Gasteiger partial charge in [-0.3, -0.25) is 0 Å². The van der Waals surface area contributed by atoms with Crippen LogP contribution in [0, 0.1) is 0 Å². The van der Waals surface area contributed by atoms with Crippen LogP contribution in [-0.2, 0) is 0 Å². The molecule has 0 spiro atoms. The van der Waals surface area contributed by atoms with E-state index in [2.05, 4.69) is 211 Å². The Morgan fingerprint density at radius 2 is 0.485 bits per heavy atom. The highest BCUT2D eigenvalue weighted by atomic mass is 32.1. The van der Waals surface area contributed by atoms with Crippen LogP contribution in [0.4, 0.5) is 22.7 Å². The van der Waals surface area contributed by atoms with Gasteiger partial charge in [0.05, 0.1) is 22.7 Å². The van der Waals surface area contributed by atoms with Crippen molar-refractivity contribution >= 4 is 139 Å². The molecule has 0 bridgehead atoms. The van der Waals surface area contributed by atoms with Gasteiger partial charge in [-0.05, 0) is 43.4 Å². The maximum atomic E-state index is 2.69. The Balaban J connectivity index is 0.000000124. The highest BCUT2D eigenvalue weighted by molar-refractivity contribution is 7.18. The number of hydrogen-bond donors (Lipinski definition) is 0. The summed E-state index contributed by atoms with van der Waals surface area (Å²) in [6.07, 6.45) is 0. The summed E-state index contributed by atoms with van der Waals surface area (Å²) >= 11 is 7.55. The monoisotopic (exact) mass is 940 g/mol. The summed E-state index contributed by atoms with van der Waals surface area (Å²) in [6.45, 7) is 5.13. The molecular weight excluding hydrogens is 900 g/mol. The van der Waals surface area contributed by atoms with Crippen molar-refractivity contribution < 1.29 is 0 Å². The third-order valence-corrected chi connectivity index (χ3v) is 19.1. The predicted molar refractivity (Wildman–Crippen MR) is 301 cm³/mol. The third-order valence-electron chi connectivity index (χ3n) is 15.3. The first-order valence-corrected chi connectivity index (χ1v) is 27.2. The lowest BCUT2D eigenvalue weighted by atomic mass is 9.44. The van der Waals surface area contributed by atoms with Gasteiger partial charge in [0.2, 0.25) is 0 Å². The molecular formula is C56H40B4N4S4. The average Bonchev–Trinajstić information content (AvgIpc) is 4.26. The van der Waals surface area contributed by atoms with Crippen LogP contribution in [0.5, 0.6) is 0 Å². The molecule has 10 heterocycles. The minimum Gasteiger partial charge on any atom is -0.403 e. The van der Waals surface area contributed by atoms with E-state index in [1.807, 2.05) is 45.3 Å². The van der Waals surface area contributed by atoms with Crippen molar-refractivity contribution in [3.8, 4) is 41.8 Å². The van der Waals surface area contributed by atoms with Gasteiger partial charge < -0.3 is 19.2 Å². The van der Waals surface area contributed by atoms with Gasteiger partial charge in [-0.2, -0.15) is 0 Å². The molecule has 6 aliphatic heterocycles. The first-order valence-electron chi connectivity index (χ1n) is 23.7. The van der Waals surface area contributed by atoms with E-state index in [0.717, 1.165) is 26.2 Å². The standard InChI is InChI=1S/2C28H20B2N2S2/c2*1-3-7-19(8-4-1)29-23-13-17-33-27(23)21-11-12-22-26-25(21)31(29)15-16-32(26)30(20-9-5-2-6-10-20)24-14-18-34-28(22)24/h2*1-14,17-18H,15-16H2. The minimum absolute atomic E-state index is 0.267. The van der Waals surface area contributed by atoms with Gasteiger partial charge in [-0.15, -0.1) is 45.3 Å². The Bertz CT molecular complexity index is 3090. The summed E-state index contributed by atoms with van der Waals surface area (Å²) < 4.78 is 0. The number of hydrogen-bond acceptors (Lipinski definition) is 8. The van der Waals surface area contributed by atoms with Crippen LogP contribution in [0.25, 0.3) is 41.8 Å². The Labute approximate surface area is 414 Å². The summed E-state index contributed by atoms with van der Waals surface area (Å²) in [5, 5.41) is 9.08. The second-order valence-corrected chi connectivity index (χ2v) is 22.2. The first-order chi connectivity index (χ1) is 33.8. The zero-order valence-corrected chi connectivity index (χ0v) is 40.3. The Morgan fingerprint density at radius 3 is 0.706 bits per heavy atom. The maximum absolute atomic E-state index is 2.69. The fraction of sp³-hybridized carbons (Fsp3) is 0.0714. The molecule has 320 valence electrons. The number of benzene rings is 6. The number of fused-ring (bicyclic) bond motifs is 8. The van der Waals surface area contributed by atoms with Gasteiger partial charge in [0.25, 0.3) is 0 Å². The van der Waals surface area contributed by atoms with Crippen molar-refractivity contribution in [3.63, 3.8) is 0 Å². The molecule has 0 saturated carbocycles. The van der Waals surface area contributed by atoms with Crippen molar-refractivity contribution in [2.75, 3.05) is 45.4 Å². The molecule has 10 aromatic rings. The molecule has 0 amide bonds. The molecule has 6 aromatic carbocycles. The molecule has 68 heavy (non-hydrogen) atoms. The Kier molecular flexibility index (Phi) is 9.05. The third kappa shape index (κ3) is 5.69. The smallest absolute Gasteiger partial charge is 0.325 e. The Hall–Kier alpha value is -6.42. The highest BCUT2D eigenvalue weighted by Gasteiger charge is 2.49. The van der Waals surface area contributed by atoms with Crippen LogP contribution in [0.1, 0.15) is 0 Å². The highest BCUT2D eigenvalue weighted by Crippen LogP contribution is 2.54. The molecule has 0 atom stereocenters. The van der Waals surface area contributed by atoms with E-state index in [0.29, 0.717) is 0 Å². The molecule has 0 aliphatic carbocycles. The lowest BCUT2D eigenvalue weighted by molar-refractivity contribution is 0.902. The molecule has 0 unspecified atom stereocenters. The normalized spacial score (nSPS) is 15.2. The Morgan fingerprint density at radius 1 is 0.265 bits per heavy atom. The fourth-order valence-electron chi connectivity index (χ4n) is 12.6. The minimum atomic E-state index is 0.267. The molecule has 12 heteroatoms. The van der Waals surface area contributed by atoms with E-state index < -0.39 is 0 Å². The SMILES string of the molecule is c1ccc(B2c3ccsc3-c3ccc4c5c3N2CCN5B(c2ccccc2)c2ccsc2-4)cc1.c1ccc(B2c3ccsc3-c3ccc4c5c3N2CCN5B(c2ccccc2)c2ccsc2-4)cc1. The van der Waals surface area contributed by atoms with Crippen molar-refractivity contribution in [3.05, 3.63) is 191 Å². The molecule has 0 saturated heterocycles. The summed E-state index contributed by atoms with van der Waals surface area (Å²) in [5.74, 6) is 0. The zero-order chi connectivity index (χ0) is 44.5. The average molecular weight is 940 g/mol. The zero-order valence-electron chi connectivity index (χ0n) is 37.0. The number of nitrogens with zero attached hydrogens (tertiary/aromatic N) is 4. The summed E-state index contributed by atoms with van der Waals surface area (Å²) in [4.78, 5) is 16.5. The van der Waals surface area contributed by atoms with Gasteiger partial charge in [0.15, 0.2) is 0 Å². The van der Waals surface area contributed by atoms with Crippen LogP contribution >= 0.6 is 45.3 Å². The van der Waals surface area contributed by atoms with Gasteiger partial charge >= 0.3 is 27.4 Å². The summed E-state index contributed by atoms with van der Waals surface area (Å²) in [7, 11) is 0. The lowest BCUT2D eigenvalue weighted by Gasteiger charge is -2.50. The summed E-state index contributed by atoms with van der Waals surface area (Å²) in [6, 6.07) is 63.2. The van der Waals surface area contributed by atoms with Crippen molar-refractivity contribution in [2.24, 2.45) is 0 Å². The van der Waals surface area contributed by atoms with E-state index in [9.17, 15) is 0 Å². The fourth-order valence-corrected chi connectivity index (χ4v) is 16.5. The van der Waals surface area contributed by atoms with Gasteiger partial charge in [-0.25, -0.2) is 0 Å². The van der Waals surface area contributed by atoms with Crippen molar-refractivity contribution in [1.29, 1.82) is 0 Å². The molecule has 4 nitrogen and oxygen atoms in total. The second-order valence-electron chi connectivity index (χ2n) is 18.6. The number of thiophene rings is 4. The number of anilines is 4. The van der Waals surface area contributed by atoms with E-state index in [4.69, 9.17) is 0 Å². The van der Waals surface area contributed by atoms with E-state index in [1.54, 1.807) is 0 Å². The summed E-state index contributed by atoms with van der Waals surface area (Å²) in [5.41, 5.74) is 22.6. The molecule has 0 N–H and O–H groups in total. The van der Waals surface area contributed by atoms with Crippen LogP contribution in [0.3, 0.4) is 0 Å². The van der Waals surface area contributed by atoms with E-state index >= 15 is 0 Å². The van der Waals surface area contributed by atoms with Crippen molar-refractivity contribution in [1.82, 2.24) is 0 Å². The molecule has 0 fully saturated rings. The predicted octanol–water partition coefficient (Wildman–Crippen LogP) is 8.02. The van der Waals surface area contributed by atoms with Crippen molar-refractivity contribution in [2.45, 2.75) is 0 Å². The van der Waals surface area contributed by atoms with E-state index in [1.165, 1.54) is 108 Å². The van der Waals surface area contributed by atoms with Crippen LogP contribution in [0.15, 0.2) is 191 Å². The van der Waals surface area contributed by atoms with Crippen LogP contribution < -0.4 is 62.9 Å². The second kappa shape index (κ2) is 15.6. The maximum Gasteiger partial charge on any atom is 0.325 e. The number of rotatable bonds is 4. The molecule has 6 aliphatic rings. The topological polar surface area (TPSA) is 13.0 Å². The van der Waals surface area contributed by atoms with Crippen LogP contribution in [-0.4, -0.2) is 53.6 Å². The van der Waals surface area contributed by atoms with Crippen LogP contribution in [0.2, 0.25) is 0 Å². The van der Waals surface area contributed by atoms with Gasteiger partial charge in [-0.1, -0.05) is 192 Å². The molecule has 4 aromatic heterocycles. The molecule has 16 rings (SSSR count). The van der Waals surface area contributed by atoms with E-state index in [-0.39, 0.29) is 27.4 Å². The lowest BCUT2D eigenvalue weighted by Crippen LogP contribution is -2.66. The first kappa shape index (κ1) is 39.6.